The molecular weight excluding hydrogens is 399 g/mol. The number of allylic oxidation sites excluding steroid dienone is 2. The number of hydrogen-bond donors (Lipinski definition) is 2. The lowest BCUT2D eigenvalue weighted by atomic mass is 9.70. The van der Waals surface area contributed by atoms with Gasteiger partial charge in [0, 0.05) is 17.4 Å². The third-order valence-electron chi connectivity index (χ3n) is 4.89. The van der Waals surface area contributed by atoms with Crippen LogP contribution in [0.25, 0.3) is 5.57 Å². The normalized spacial score (nSPS) is 20.3. The van der Waals surface area contributed by atoms with E-state index in [1.165, 1.54) is 0 Å². The molecule has 26 heavy (non-hydrogen) atoms. The molecule has 144 valence electrons. The van der Waals surface area contributed by atoms with Gasteiger partial charge in [-0.2, -0.15) is 0 Å². The molecule has 1 atom stereocenters. The second kappa shape index (κ2) is 8.61. The molecule has 8 heteroatoms. The van der Waals surface area contributed by atoms with Crippen molar-refractivity contribution in [3.05, 3.63) is 33.3 Å². The van der Waals surface area contributed by atoms with E-state index in [-0.39, 0.29) is 41.5 Å². The molecule has 0 bridgehead atoms. The number of ether oxygens (including phenoxy) is 1. The van der Waals surface area contributed by atoms with Crippen LogP contribution in [0.2, 0.25) is 10.0 Å². The van der Waals surface area contributed by atoms with Gasteiger partial charge in [-0.1, -0.05) is 36.5 Å². The van der Waals surface area contributed by atoms with Crippen molar-refractivity contribution >= 4 is 52.8 Å². The lowest BCUT2D eigenvalue weighted by Gasteiger charge is -2.33. The summed E-state index contributed by atoms with van der Waals surface area (Å²) in [6.07, 6.45) is 6.07. The summed E-state index contributed by atoms with van der Waals surface area (Å²) in [6, 6.07) is 1.88. The first kappa shape index (κ1) is 22.8. The number of nitrogens with one attached hydrogen (secondary N) is 1. The molecular formula is C18H23Cl3N2O3. The van der Waals surface area contributed by atoms with Crippen LogP contribution in [0.4, 0.5) is 0 Å². The molecule has 2 aliphatic carbocycles. The lowest BCUT2D eigenvalue weighted by Crippen LogP contribution is -2.25. The van der Waals surface area contributed by atoms with Gasteiger partial charge in [0.15, 0.2) is 5.78 Å². The molecule has 0 saturated heterocycles. The van der Waals surface area contributed by atoms with Gasteiger partial charge in [0.2, 0.25) is 0 Å². The number of amidine groups is 1. The molecule has 0 heterocycles. The first-order valence-corrected chi connectivity index (χ1v) is 8.85. The molecule has 3 rings (SSSR count). The maximum Gasteiger partial charge on any atom is 0.156 e. The third-order valence-corrected chi connectivity index (χ3v) is 5.74. The van der Waals surface area contributed by atoms with E-state index in [1.54, 1.807) is 6.08 Å². The summed E-state index contributed by atoms with van der Waals surface area (Å²) in [4.78, 5) is 12.0. The van der Waals surface area contributed by atoms with Crippen molar-refractivity contribution in [3.63, 3.8) is 0 Å². The quantitative estimate of drug-likeness (QED) is 0.554. The second-order valence-electron chi connectivity index (χ2n) is 6.58. The average molecular weight is 422 g/mol. The van der Waals surface area contributed by atoms with Gasteiger partial charge in [-0.3, -0.25) is 10.2 Å². The molecule has 0 fully saturated rings. The predicted octanol–water partition coefficient (Wildman–Crippen LogP) is 3.99. The van der Waals surface area contributed by atoms with Crippen molar-refractivity contribution in [2.24, 2.45) is 11.1 Å². The third kappa shape index (κ3) is 3.86. The van der Waals surface area contributed by atoms with Crippen molar-refractivity contribution in [3.8, 4) is 5.75 Å². The van der Waals surface area contributed by atoms with Gasteiger partial charge in [-0.25, -0.2) is 0 Å². The van der Waals surface area contributed by atoms with E-state index in [0.717, 1.165) is 42.4 Å². The fourth-order valence-corrected chi connectivity index (χ4v) is 4.46. The molecule has 0 amide bonds. The van der Waals surface area contributed by atoms with Crippen LogP contribution < -0.4 is 10.5 Å². The van der Waals surface area contributed by atoms with Gasteiger partial charge in [0.25, 0.3) is 0 Å². The molecule has 2 aliphatic rings. The minimum Gasteiger partial charge on any atom is -0.484 e. The number of nitrogens with two attached hydrogens (primary N) is 1. The summed E-state index contributed by atoms with van der Waals surface area (Å²) in [6.45, 7) is 2.12. The number of benzene rings is 1. The summed E-state index contributed by atoms with van der Waals surface area (Å²) >= 11 is 12.9. The van der Waals surface area contributed by atoms with Crippen LogP contribution in [0.3, 0.4) is 0 Å². The highest BCUT2D eigenvalue weighted by Gasteiger charge is 2.45. The zero-order valence-electron chi connectivity index (χ0n) is 14.5. The minimum atomic E-state index is -0.0767. The Hall–Kier alpha value is -1.27. The largest absolute Gasteiger partial charge is 0.484 e. The number of halogens is 3. The van der Waals surface area contributed by atoms with Crippen LogP contribution in [0.1, 0.15) is 43.7 Å². The fraction of sp³-hybridized carbons (Fsp3) is 0.444. The Balaban J connectivity index is 0.00000169. The lowest BCUT2D eigenvalue weighted by molar-refractivity contribution is -0.115. The average Bonchev–Trinajstić information content (AvgIpc) is 2.83. The SMILES string of the molecule is CCCC12CCC(=O)C=C1c1c(cc(OCC(=N)N)c(Cl)c1Cl)C2.Cl.O. The number of rotatable bonds is 5. The highest BCUT2D eigenvalue weighted by atomic mass is 35.5. The molecule has 0 spiro atoms. The number of fused-ring (bicyclic) bond motifs is 3. The van der Waals surface area contributed by atoms with Crippen LogP contribution in [-0.2, 0) is 11.2 Å². The molecule has 0 saturated carbocycles. The maximum absolute atomic E-state index is 12.0. The highest BCUT2D eigenvalue weighted by Crippen LogP contribution is 2.58. The zero-order valence-corrected chi connectivity index (χ0v) is 16.8. The fourth-order valence-electron chi connectivity index (χ4n) is 3.94. The van der Waals surface area contributed by atoms with E-state index < -0.39 is 0 Å². The molecule has 0 radical (unpaired) electrons. The van der Waals surface area contributed by atoms with Crippen molar-refractivity contribution in [2.45, 2.75) is 39.0 Å². The Labute approximate surface area is 169 Å². The summed E-state index contributed by atoms with van der Waals surface area (Å²) < 4.78 is 5.52. The van der Waals surface area contributed by atoms with E-state index in [2.05, 4.69) is 6.92 Å². The van der Waals surface area contributed by atoms with E-state index in [1.807, 2.05) is 6.07 Å². The first-order chi connectivity index (χ1) is 11.4. The van der Waals surface area contributed by atoms with Gasteiger partial charge in [-0.05, 0) is 42.5 Å². The van der Waals surface area contributed by atoms with E-state index in [0.29, 0.717) is 22.2 Å². The van der Waals surface area contributed by atoms with Crippen molar-refractivity contribution in [1.82, 2.24) is 0 Å². The van der Waals surface area contributed by atoms with E-state index in [9.17, 15) is 4.79 Å². The van der Waals surface area contributed by atoms with Crippen molar-refractivity contribution in [2.75, 3.05) is 6.61 Å². The molecule has 0 aromatic heterocycles. The van der Waals surface area contributed by atoms with Crippen LogP contribution in [0.15, 0.2) is 12.1 Å². The standard InChI is InChI=1S/C18H20Cl2N2O2.ClH.H2O/c1-2-4-18-5-3-11(23)7-12(18)15-10(8-18)6-13(16(19)17(15)20)24-9-14(21)22;;/h6-7H,2-5,8-9H2,1H3,(H3,21,22);1H;1H2. The Morgan fingerprint density at radius 3 is 2.69 bits per heavy atom. The Morgan fingerprint density at radius 2 is 2.08 bits per heavy atom. The van der Waals surface area contributed by atoms with Crippen LogP contribution >= 0.6 is 35.6 Å². The van der Waals surface area contributed by atoms with Gasteiger partial charge < -0.3 is 15.9 Å². The topological polar surface area (TPSA) is 108 Å². The Bertz CT molecular complexity index is 765. The van der Waals surface area contributed by atoms with E-state index in [4.69, 9.17) is 39.1 Å². The predicted molar refractivity (Wildman–Crippen MR) is 108 cm³/mol. The molecule has 0 aliphatic heterocycles. The van der Waals surface area contributed by atoms with E-state index >= 15 is 0 Å². The van der Waals surface area contributed by atoms with Crippen LogP contribution in [0.5, 0.6) is 5.75 Å². The smallest absolute Gasteiger partial charge is 0.156 e. The second-order valence-corrected chi connectivity index (χ2v) is 7.34. The Kier molecular flexibility index (Phi) is 7.54. The molecule has 5 N–H and O–H groups in total. The van der Waals surface area contributed by atoms with Crippen LogP contribution in [0, 0.1) is 10.8 Å². The first-order valence-electron chi connectivity index (χ1n) is 8.10. The van der Waals surface area contributed by atoms with Gasteiger partial charge in [-0.15, -0.1) is 12.4 Å². The summed E-state index contributed by atoms with van der Waals surface area (Å²) in [7, 11) is 0. The van der Waals surface area contributed by atoms with Gasteiger partial charge in [0.05, 0.1) is 5.02 Å². The van der Waals surface area contributed by atoms with Gasteiger partial charge in [0.1, 0.15) is 23.2 Å². The molecule has 1 aromatic rings. The Morgan fingerprint density at radius 1 is 1.38 bits per heavy atom. The monoisotopic (exact) mass is 420 g/mol. The van der Waals surface area contributed by atoms with Crippen molar-refractivity contribution in [1.29, 1.82) is 5.41 Å². The number of carbonyl (C=O) groups is 1. The minimum absolute atomic E-state index is 0. The van der Waals surface area contributed by atoms with Crippen molar-refractivity contribution < 1.29 is 15.0 Å². The summed E-state index contributed by atoms with van der Waals surface area (Å²) in [5.74, 6) is 0.508. The number of ketones is 1. The highest BCUT2D eigenvalue weighted by molar-refractivity contribution is 6.44. The molecule has 1 aromatic carbocycles. The number of hydrogen-bond acceptors (Lipinski definition) is 3. The maximum atomic E-state index is 12.0. The summed E-state index contributed by atoms with van der Waals surface area (Å²) in [5.41, 5.74) is 8.29. The molecule has 5 nitrogen and oxygen atoms in total. The van der Waals surface area contributed by atoms with Crippen LogP contribution in [-0.4, -0.2) is 23.7 Å². The van der Waals surface area contributed by atoms with Gasteiger partial charge >= 0.3 is 0 Å². The number of carbonyl (C=O) groups excluding carboxylic acids is 1. The molecule has 1 unspecified atom stereocenters. The summed E-state index contributed by atoms with van der Waals surface area (Å²) in [5, 5.41) is 8.02. The zero-order chi connectivity index (χ0) is 17.5.